The minimum atomic E-state index is 0.307. The Kier molecular flexibility index (Phi) is 14.3. The summed E-state index contributed by atoms with van der Waals surface area (Å²) >= 11 is 1.62. The molecule has 0 bridgehead atoms. The average molecular weight is 713 g/mol. The van der Waals surface area contributed by atoms with E-state index in [1.165, 1.54) is 0 Å². The fourth-order valence-electron chi connectivity index (χ4n) is 5.75. The maximum atomic E-state index is 6.61. The second-order valence-corrected chi connectivity index (χ2v) is 13.1. The van der Waals surface area contributed by atoms with Crippen molar-refractivity contribution >= 4 is 11.3 Å². The minimum Gasteiger partial charge on any atom is -0.496 e. The van der Waals surface area contributed by atoms with Crippen LogP contribution in [0.5, 0.6) is 23.0 Å². The molecule has 4 aromatic carbocycles. The van der Waals surface area contributed by atoms with Gasteiger partial charge in [-0.2, -0.15) is 0 Å². The first kappa shape index (κ1) is 37.9. The smallest absolute Gasteiger partial charge is 0.132 e. The van der Waals surface area contributed by atoms with Crippen molar-refractivity contribution in [2.24, 2.45) is 0 Å². The molecule has 0 aliphatic carbocycles. The second-order valence-electron chi connectivity index (χ2n) is 12.0. The lowest BCUT2D eigenvalue weighted by atomic mass is 9.99. The van der Waals surface area contributed by atoms with E-state index in [1.54, 1.807) is 39.8 Å². The number of ether oxygens (including phenoxy) is 8. The third kappa shape index (κ3) is 9.90. The monoisotopic (exact) mass is 712 g/mol. The summed E-state index contributed by atoms with van der Waals surface area (Å²) in [5, 5.41) is 0. The highest BCUT2D eigenvalue weighted by molar-refractivity contribution is 7.19. The van der Waals surface area contributed by atoms with Crippen LogP contribution in [0.2, 0.25) is 0 Å². The molecule has 0 spiro atoms. The summed E-state index contributed by atoms with van der Waals surface area (Å²) in [4.78, 5) is 1.90. The Hall–Kier alpha value is -4.38. The van der Waals surface area contributed by atoms with Crippen molar-refractivity contribution in [3.8, 4) is 43.9 Å². The molecule has 8 nitrogen and oxygen atoms in total. The van der Waals surface area contributed by atoms with Crippen molar-refractivity contribution in [1.29, 1.82) is 0 Å². The molecule has 0 aliphatic heterocycles. The van der Waals surface area contributed by atoms with Crippen LogP contribution in [0, 0.1) is 13.8 Å². The highest BCUT2D eigenvalue weighted by Crippen LogP contribution is 2.53. The largest absolute Gasteiger partial charge is 0.496 e. The van der Waals surface area contributed by atoms with Gasteiger partial charge in [0.25, 0.3) is 0 Å². The van der Waals surface area contributed by atoms with E-state index in [2.05, 4.69) is 36.4 Å². The standard InChI is InChI=1S/C42H48O8S/c1-29-21-35(45-5)39(37(23-29)49-25-31-13-9-7-10-14-31)41-33(27-47-19-17-43-3)34(28-48-20-18-44-4)42(51-41)40-36(46-6)22-30(2)24-38(40)50-26-32-15-11-8-12-16-32/h7-16,21-24H,17-20,25-28H2,1-6H3. The fraction of sp³-hybridized carbons (Fsp3) is 0.333. The van der Waals surface area contributed by atoms with Crippen molar-refractivity contribution in [1.82, 2.24) is 0 Å². The Morgan fingerprint density at radius 1 is 0.471 bits per heavy atom. The van der Waals surface area contributed by atoms with E-state index in [4.69, 9.17) is 37.9 Å². The van der Waals surface area contributed by atoms with Crippen LogP contribution in [0.3, 0.4) is 0 Å². The molecule has 51 heavy (non-hydrogen) atoms. The highest BCUT2D eigenvalue weighted by atomic mass is 32.1. The van der Waals surface area contributed by atoms with E-state index in [0.29, 0.717) is 75.9 Å². The molecule has 0 N–H and O–H groups in total. The van der Waals surface area contributed by atoms with Crippen LogP contribution in [-0.2, 0) is 45.4 Å². The SMILES string of the molecule is COCCOCc1c(-c2c(OC)cc(C)cc2OCc2ccccc2)sc(-c2c(OC)cc(C)cc2OCc2ccccc2)c1COCCOC. The molecule has 1 heterocycles. The number of hydrogen-bond donors (Lipinski definition) is 0. The summed E-state index contributed by atoms with van der Waals surface area (Å²) in [5.41, 5.74) is 7.79. The molecule has 5 aromatic rings. The van der Waals surface area contributed by atoms with Crippen molar-refractivity contribution in [2.75, 3.05) is 54.9 Å². The summed E-state index contributed by atoms with van der Waals surface area (Å²) in [5.74, 6) is 2.83. The predicted octanol–water partition coefficient (Wildman–Crippen LogP) is 9.20. The van der Waals surface area contributed by atoms with Crippen LogP contribution in [0.1, 0.15) is 33.4 Å². The average Bonchev–Trinajstić information content (AvgIpc) is 3.50. The molecule has 0 unspecified atom stereocenters. The summed E-state index contributed by atoms with van der Waals surface area (Å²) in [6, 6.07) is 28.5. The number of thiophene rings is 1. The van der Waals surface area contributed by atoms with Crippen LogP contribution < -0.4 is 18.9 Å². The molecule has 0 aliphatic rings. The van der Waals surface area contributed by atoms with Gasteiger partial charge in [0.1, 0.15) is 36.2 Å². The van der Waals surface area contributed by atoms with Gasteiger partial charge in [0.05, 0.1) is 65.0 Å². The Bertz CT molecular complexity index is 1690. The number of methoxy groups -OCH3 is 4. The van der Waals surface area contributed by atoms with Crippen molar-refractivity contribution in [2.45, 2.75) is 40.3 Å². The molecule has 0 radical (unpaired) electrons. The zero-order valence-electron chi connectivity index (χ0n) is 30.4. The van der Waals surface area contributed by atoms with E-state index in [0.717, 1.165) is 54.3 Å². The third-order valence-corrected chi connectivity index (χ3v) is 9.57. The summed E-state index contributed by atoms with van der Waals surface area (Å²) in [6.45, 7) is 7.27. The number of rotatable bonds is 20. The Labute approximate surface area is 305 Å². The van der Waals surface area contributed by atoms with Gasteiger partial charge < -0.3 is 37.9 Å². The maximum absolute atomic E-state index is 6.61. The zero-order chi connectivity index (χ0) is 36.0. The van der Waals surface area contributed by atoms with Crippen LogP contribution in [0.15, 0.2) is 84.9 Å². The molecule has 0 fully saturated rings. The number of aryl methyl sites for hydroxylation is 2. The van der Waals surface area contributed by atoms with Crippen molar-refractivity contribution in [3.63, 3.8) is 0 Å². The molecule has 0 atom stereocenters. The van der Waals surface area contributed by atoms with Crippen LogP contribution in [-0.4, -0.2) is 54.9 Å². The summed E-state index contributed by atoms with van der Waals surface area (Å²) in [7, 11) is 6.72. The Morgan fingerprint density at radius 3 is 1.24 bits per heavy atom. The van der Waals surface area contributed by atoms with Crippen LogP contribution in [0.4, 0.5) is 0 Å². The summed E-state index contributed by atoms with van der Waals surface area (Å²) < 4.78 is 48.6. The molecule has 270 valence electrons. The first-order valence-electron chi connectivity index (χ1n) is 17.0. The van der Waals surface area contributed by atoms with E-state index in [9.17, 15) is 0 Å². The maximum Gasteiger partial charge on any atom is 0.132 e. The lowest BCUT2D eigenvalue weighted by molar-refractivity contribution is 0.0539. The van der Waals surface area contributed by atoms with Crippen molar-refractivity contribution < 1.29 is 37.9 Å². The molecule has 9 heteroatoms. The van der Waals surface area contributed by atoms with Gasteiger partial charge in [0, 0.05) is 35.1 Å². The first-order valence-corrected chi connectivity index (χ1v) is 17.8. The number of hydrogen-bond acceptors (Lipinski definition) is 9. The van der Waals surface area contributed by atoms with Gasteiger partial charge in [0.15, 0.2) is 0 Å². The fourth-order valence-corrected chi connectivity index (χ4v) is 7.17. The lowest BCUT2D eigenvalue weighted by Gasteiger charge is -2.18. The Balaban J connectivity index is 1.73. The molecular formula is C42H48O8S. The molecule has 0 amide bonds. The number of benzene rings is 4. The van der Waals surface area contributed by atoms with Gasteiger partial charge >= 0.3 is 0 Å². The van der Waals surface area contributed by atoms with Crippen molar-refractivity contribution in [3.05, 3.63) is 118 Å². The van der Waals surface area contributed by atoms with Gasteiger partial charge in [-0.3, -0.25) is 0 Å². The lowest BCUT2D eigenvalue weighted by Crippen LogP contribution is -2.07. The van der Waals surface area contributed by atoms with Gasteiger partial charge in [-0.25, -0.2) is 0 Å². The van der Waals surface area contributed by atoms with E-state index in [1.807, 2.05) is 62.4 Å². The molecular weight excluding hydrogens is 665 g/mol. The topological polar surface area (TPSA) is 73.8 Å². The Morgan fingerprint density at radius 2 is 0.863 bits per heavy atom. The predicted molar refractivity (Wildman–Crippen MR) is 202 cm³/mol. The molecule has 0 saturated carbocycles. The molecule has 0 saturated heterocycles. The quantitative estimate of drug-likeness (QED) is 0.0740. The zero-order valence-corrected chi connectivity index (χ0v) is 31.2. The highest BCUT2D eigenvalue weighted by Gasteiger charge is 2.29. The van der Waals surface area contributed by atoms with Gasteiger partial charge in [-0.15, -0.1) is 11.3 Å². The normalized spacial score (nSPS) is 11.1. The van der Waals surface area contributed by atoms with Crippen LogP contribution in [0.25, 0.3) is 20.9 Å². The van der Waals surface area contributed by atoms with Crippen LogP contribution >= 0.6 is 11.3 Å². The first-order chi connectivity index (χ1) is 25.0. The molecule has 1 aromatic heterocycles. The van der Waals surface area contributed by atoms with E-state index >= 15 is 0 Å². The summed E-state index contributed by atoms with van der Waals surface area (Å²) in [6.07, 6.45) is 0. The van der Waals surface area contributed by atoms with Gasteiger partial charge in [-0.1, -0.05) is 60.7 Å². The van der Waals surface area contributed by atoms with E-state index < -0.39 is 0 Å². The second kappa shape index (κ2) is 19.3. The third-order valence-electron chi connectivity index (χ3n) is 8.26. The minimum absolute atomic E-state index is 0.307. The van der Waals surface area contributed by atoms with E-state index in [-0.39, 0.29) is 0 Å². The van der Waals surface area contributed by atoms with Gasteiger partial charge in [-0.05, 0) is 60.4 Å². The van der Waals surface area contributed by atoms with Gasteiger partial charge in [0.2, 0.25) is 0 Å². The molecule has 5 rings (SSSR count).